The van der Waals surface area contributed by atoms with Crippen LogP contribution in [0.5, 0.6) is 17.4 Å². The first kappa shape index (κ1) is 11.1. The minimum atomic E-state index is -0.00634. The molecular formula is C13H14N2O3. The smallest absolute Gasteiger partial charge is 0.222 e. The number of aromatic hydroxyl groups is 1. The van der Waals surface area contributed by atoms with Gasteiger partial charge in [-0.2, -0.15) is 4.98 Å². The third kappa shape index (κ3) is 1.54. The number of ether oxygens (including phenoxy) is 2. The molecule has 0 amide bonds. The molecule has 1 aromatic heterocycles. The van der Waals surface area contributed by atoms with Crippen LogP contribution in [0.4, 0.5) is 0 Å². The number of nitrogens with zero attached hydrogens (tertiary/aromatic N) is 2. The molecule has 0 unspecified atom stereocenters. The SMILES string of the molecule is CCOc1cc2c(O)nc(C)nc2c2c1OCC2. The van der Waals surface area contributed by atoms with Crippen LogP contribution < -0.4 is 9.47 Å². The van der Waals surface area contributed by atoms with Gasteiger partial charge in [-0.25, -0.2) is 4.98 Å². The number of rotatable bonds is 2. The van der Waals surface area contributed by atoms with Crippen LogP contribution in [0.1, 0.15) is 18.3 Å². The van der Waals surface area contributed by atoms with Crippen LogP contribution in [0.3, 0.4) is 0 Å². The van der Waals surface area contributed by atoms with E-state index in [0.717, 1.165) is 23.3 Å². The zero-order valence-electron chi connectivity index (χ0n) is 10.4. The Hall–Kier alpha value is -2.04. The van der Waals surface area contributed by atoms with Crippen LogP contribution in [0.2, 0.25) is 0 Å². The normalized spacial score (nSPS) is 13.4. The minimum absolute atomic E-state index is 0.00634. The second-order valence-corrected chi connectivity index (χ2v) is 4.20. The largest absolute Gasteiger partial charge is 0.493 e. The fourth-order valence-corrected chi connectivity index (χ4v) is 2.29. The number of fused-ring (bicyclic) bond motifs is 3. The van der Waals surface area contributed by atoms with Crippen molar-refractivity contribution in [2.24, 2.45) is 0 Å². The van der Waals surface area contributed by atoms with Crippen LogP contribution in [0.15, 0.2) is 6.07 Å². The van der Waals surface area contributed by atoms with E-state index in [4.69, 9.17) is 9.47 Å². The number of aromatic nitrogens is 2. The Labute approximate surface area is 104 Å². The lowest BCUT2D eigenvalue weighted by Crippen LogP contribution is -1.97. The maximum atomic E-state index is 9.93. The highest BCUT2D eigenvalue weighted by Crippen LogP contribution is 2.42. The minimum Gasteiger partial charge on any atom is -0.493 e. The summed E-state index contributed by atoms with van der Waals surface area (Å²) in [7, 11) is 0. The van der Waals surface area contributed by atoms with Gasteiger partial charge >= 0.3 is 0 Å². The lowest BCUT2D eigenvalue weighted by atomic mass is 10.1. The van der Waals surface area contributed by atoms with Gasteiger partial charge in [0, 0.05) is 12.0 Å². The topological polar surface area (TPSA) is 64.5 Å². The summed E-state index contributed by atoms with van der Waals surface area (Å²) < 4.78 is 11.2. The standard InChI is InChI=1S/C13H14N2O3/c1-3-17-10-6-9-11(8-4-5-18-12(8)10)14-7(2)15-13(9)16/h6H,3-5H2,1-2H3,(H,14,15,16). The molecule has 2 heterocycles. The van der Waals surface area contributed by atoms with Gasteiger partial charge in [0.15, 0.2) is 11.5 Å². The Morgan fingerprint density at radius 2 is 2.28 bits per heavy atom. The lowest BCUT2D eigenvalue weighted by molar-refractivity contribution is 0.298. The number of hydrogen-bond donors (Lipinski definition) is 1. The van der Waals surface area contributed by atoms with Gasteiger partial charge in [-0.05, 0) is 19.9 Å². The summed E-state index contributed by atoms with van der Waals surface area (Å²) in [5.41, 5.74) is 1.76. The quantitative estimate of drug-likeness (QED) is 0.877. The van der Waals surface area contributed by atoms with E-state index in [1.54, 1.807) is 13.0 Å². The van der Waals surface area contributed by atoms with E-state index in [9.17, 15) is 5.11 Å². The van der Waals surface area contributed by atoms with Crippen molar-refractivity contribution in [2.75, 3.05) is 13.2 Å². The molecule has 0 spiro atoms. The third-order valence-electron chi connectivity index (χ3n) is 2.99. The van der Waals surface area contributed by atoms with Crippen molar-refractivity contribution < 1.29 is 14.6 Å². The molecule has 5 nitrogen and oxygen atoms in total. The summed E-state index contributed by atoms with van der Waals surface area (Å²) in [6.07, 6.45) is 0.780. The average Bonchev–Trinajstić information content (AvgIpc) is 2.80. The first-order chi connectivity index (χ1) is 8.70. The molecule has 0 fully saturated rings. The molecule has 1 aromatic carbocycles. The van der Waals surface area contributed by atoms with Gasteiger partial charge in [-0.1, -0.05) is 0 Å². The van der Waals surface area contributed by atoms with E-state index in [1.807, 2.05) is 6.92 Å². The molecule has 0 saturated heterocycles. The fraction of sp³-hybridized carbons (Fsp3) is 0.385. The third-order valence-corrected chi connectivity index (χ3v) is 2.99. The molecule has 18 heavy (non-hydrogen) atoms. The van der Waals surface area contributed by atoms with E-state index in [-0.39, 0.29) is 5.88 Å². The molecule has 0 aliphatic carbocycles. The van der Waals surface area contributed by atoms with E-state index in [0.29, 0.717) is 30.2 Å². The summed E-state index contributed by atoms with van der Waals surface area (Å²) in [6.45, 7) is 4.85. The van der Waals surface area contributed by atoms with Crippen LogP contribution in [0.25, 0.3) is 10.9 Å². The van der Waals surface area contributed by atoms with Crippen LogP contribution in [-0.2, 0) is 6.42 Å². The monoisotopic (exact) mass is 246 g/mol. The molecule has 5 heteroatoms. The van der Waals surface area contributed by atoms with Crippen molar-refractivity contribution in [3.63, 3.8) is 0 Å². The van der Waals surface area contributed by atoms with Crippen LogP contribution in [0, 0.1) is 6.92 Å². The van der Waals surface area contributed by atoms with E-state index >= 15 is 0 Å². The Morgan fingerprint density at radius 3 is 3.06 bits per heavy atom. The first-order valence-corrected chi connectivity index (χ1v) is 5.99. The molecule has 3 rings (SSSR count). The summed E-state index contributed by atoms with van der Waals surface area (Å²) in [5.74, 6) is 1.95. The second kappa shape index (κ2) is 4.01. The van der Waals surface area contributed by atoms with Crippen molar-refractivity contribution in [1.82, 2.24) is 9.97 Å². The summed E-state index contributed by atoms with van der Waals surface area (Å²) in [5, 5.41) is 10.5. The molecule has 0 saturated carbocycles. The molecule has 0 atom stereocenters. The fourth-order valence-electron chi connectivity index (χ4n) is 2.29. The van der Waals surface area contributed by atoms with Crippen molar-refractivity contribution >= 4 is 10.9 Å². The second-order valence-electron chi connectivity index (χ2n) is 4.20. The van der Waals surface area contributed by atoms with Crippen molar-refractivity contribution in [3.05, 3.63) is 17.5 Å². The van der Waals surface area contributed by atoms with Gasteiger partial charge in [-0.15, -0.1) is 0 Å². The highest BCUT2D eigenvalue weighted by atomic mass is 16.5. The predicted molar refractivity (Wildman–Crippen MR) is 66.3 cm³/mol. The Kier molecular flexibility index (Phi) is 2.47. The predicted octanol–water partition coefficient (Wildman–Crippen LogP) is 1.98. The van der Waals surface area contributed by atoms with Gasteiger partial charge in [0.1, 0.15) is 5.82 Å². The molecule has 0 bridgehead atoms. The first-order valence-electron chi connectivity index (χ1n) is 5.99. The zero-order chi connectivity index (χ0) is 12.7. The molecule has 1 aliphatic heterocycles. The number of aryl methyl sites for hydroxylation is 1. The van der Waals surface area contributed by atoms with Crippen molar-refractivity contribution in [3.8, 4) is 17.4 Å². The maximum Gasteiger partial charge on any atom is 0.222 e. The average molecular weight is 246 g/mol. The van der Waals surface area contributed by atoms with Crippen molar-refractivity contribution in [2.45, 2.75) is 20.3 Å². The number of hydrogen-bond acceptors (Lipinski definition) is 5. The molecule has 2 aromatic rings. The van der Waals surface area contributed by atoms with E-state index in [2.05, 4.69) is 9.97 Å². The lowest BCUT2D eigenvalue weighted by Gasteiger charge is -2.11. The highest BCUT2D eigenvalue weighted by molar-refractivity contribution is 5.90. The van der Waals surface area contributed by atoms with Gasteiger partial charge in [0.2, 0.25) is 5.88 Å². The van der Waals surface area contributed by atoms with Crippen LogP contribution in [-0.4, -0.2) is 28.3 Å². The summed E-state index contributed by atoms with van der Waals surface area (Å²) >= 11 is 0. The summed E-state index contributed by atoms with van der Waals surface area (Å²) in [4.78, 5) is 8.38. The number of benzene rings is 1. The Bertz CT molecular complexity index is 625. The van der Waals surface area contributed by atoms with Gasteiger partial charge < -0.3 is 14.6 Å². The van der Waals surface area contributed by atoms with E-state index < -0.39 is 0 Å². The molecular weight excluding hydrogens is 232 g/mol. The maximum absolute atomic E-state index is 9.93. The molecule has 94 valence electrons. The highest BCUT2D eigenvalue weighted by Gasteiger charge is 2.23. The van der Waals surface area contributed by atoms with Gasteiger partial charge in [0.25, 0.3) is 0 Å². The molecule has 1 aliphatic rings. The Morgan fingerprint density at radius 1 is 1.44 bits per heavy atom. The van der Waals surface area contributed by atoms with Crippen LogP contribution >= 0.6 is 0 Å². The van der Waals surface area contributed by atoms with E-state index in [1.165, 1.54) is 0 Å². The Balaban J connectivity index is 2.35. The summed E-state index contributed by atoms with van der Waals surface area (Å²) in [6, 6.07) is 1.75. The molecule has 1 N–H and O–H groups in total. The van der Waals surface area contributed by atoms with Gasteiger partial charge in [0.05, 0.1) is 24.1 Å². The van der Waals surface area contributed by atoms with Crippen molar-refractivity contribution in [1.29, 1.82) is 0 Å². The zero-order valence-corrected chi connectivity index (χ0v) is 10.4. The van der Waals surface area contributed by atoms with Gasteiger partial charge in [-0.3, -0.25) is 0 Å². The molecule has 0 radical (unpaired) electrons.